The molecular formula is C24H30N6O2S2. The van der Waals surface area contributed by atoms with E-state index in [0.29, 0.717) is 25.0 Å². The minimum Gasteiger partial charge on any atom is -0.396 e. The van der Waals surface area contributed by atoms with Crippen LogP contribution in [0.4, 0.5) is 5.82 Å². The van der Waals surface area contributed by atoms with E-state index in [2.05, 4.69) is 24.8 Å². The number of hydrogen-bond acceptors (Lipinski definition) is 9. The fraction of sp³-hybridized carbons (Fsp3) is 0.458. The molecule has 2 N–H and O–H groups in total. The number of aliphatic hydroxyl groups is 1. The van der Waals surface area contributed by atoms with Gasteiger partial charge in [0.1, 0.15) is 5.82 Å². The number of benzene rings is 1. The number of nitrogens with zero attached hydrogens (tertiary/aromatic N) is 5. The van der Waals surface area contributed by atoms with Crippen LogP contribution in [0.25, 0.3) is 28.4 Å². The average Bonchev–Trinajstić information content (AvgIpc) is 3.36. The maximum Gasteiger partial charge on any atom is 0.162 e. The van der Waals surface area contributed by atoms with Crippen LogP contribution in [-0.2, 0) is 4.74 Å². The highest BCUT2D eigenvalue weighted by Gasteiger charge is 2.21. The molecule has 8 nitrogen and oxygen atoms in total. The molecule has 1 aromatic carbocycles. The van der Waals surface area contributed by atoms with Crippen LogP contribution in [0.5, 0.6) is 0 Å². The third kappa shape index (κ3) is 5.26. The van der Waals surface area contributed by atoms with Crippen LogP contribution in [-0.4, -0.2) is 75.6 Å². The number of fused-ring (bicyclic) bond motifs is 1. The second-order valence-corrected chi connectivity index (χ2v) is 10.1. The van der Waals surface area contributed by atoms with Gasteiger partial charge in [0.2, 0.25) is 0 Å². The van der Waals surface area contributed by atoms with Gasteiger partial charge in [-0.2, -0.15) is 5.10 Å². The summed E-state index contributed by atoms with van der Waals surface area (Å²) in [4.78, 5) is 12.9. The van der Waals surface area contributed by atoms with E-state index in [1.807, 2.05) is 30.5 Å². The number of anilines is 1. The zero-order valence-corrected chi connectivity index (χ0v) is 20.8. The van der Waals surface area contributed by atoms with Gasteiger partial charge in [-0.1, -0.05) is 24.1 Å². The lowest BCUT2D eigenvalue weighted by Gasteiger charge is -2.30. The first-order chi connectivity index (χ1) is 16.7. The first kappa shape index (κ1) is 23.6. The first-order valence-electron chi connectivity index (χ1n) is 11.8. The molecule has 2 aliphatic heterocycles. The molecule has 0 bridgehead atoms. The van der Waals surface area contributed by atoms with Crippen LogP contribution in [0.2, 0.25) is 0 Å². The van der Waals surface area contributed by atoms with E-state index in [0.717, 1.165) is 78.3 Å². The Bertz CT molecular complexity index is 1140. The zero-order valence-electron chi connectivity index (χ0n) is 19.1. The largest absolute Gasteiger partial charge is 0.396 e. The highest BCUT2D eigenvalue weighted by molar-refractivity contribution is 8.00. The van der Waals surface area contributed by atoms with Crippen molar-refractivity contribution in [3.05, 3.63) is 35.5 Å². The van der Waals surface area contributed by atoms with Crippen molar-refractivity contribution in [2.24, 2.45) is 5.92 Å². The number of piperidine rings is 1. The molecule has 180 valence electrons. The summed E-state index contributed by atoms with van der Waals surface area (Å²) in [5, 5.41) is 19.5. The SMILES string of the molecule is OCCC1CCN(S/C=C/c2nc(-c3cccc4[nH]ncc34)nc(N3CCOCC3)c2S)CC1. The fourth-order valence-electron chi connectivity index (χ4n) is 4.52. The summed E-state index contributed by atoms with van der Waals surface area (Å²) in [6.07, 6.45) is 7.04. The number of morpholine rings is 1. The van der Waals surface area contributed by atoms with Crippen LogP contribution in [0, 0.1) is 5.92 Å². The minimum absolute atomic E-state index is 0.288. The number of H-pyrrole nitrogens is 1. The van der Waals surface area contributed by atoms with Crippen molar-refractivity contribution in [1.82, 2.24) is 24.5 Å². The van der Waals surface area contributed by atoms with Gasteiger partial charge in [0.05, 0.1) is 35.5 Å². The van der Waals surface area contributed by atoms with Gasteiger partial charge in [-0.15, -0.1) is 12.6 Å². The van der Waals surface area contributed by atoms with E-state index in [1.165, 1.54) is 0 Å². The Hall–Kier alpha value is -2.11. The summed E-state index contributed by atoms with van der Waals surface area (Å²) in [5.41, 5.74) is 2.71. The van der Waals surface area contributed by atoms with E-state index < -0.39 is 0 Å². The van der Waals surface area contributed by atoms with Crippen LogP contribution in [0.1, 0.15) is 25.0 Å². The lowest BCUT2D eigenvalue weighted by atomic mass is 9.95. The fourth-order valence-corrected chi connectivity index (χ4v) is 5.62. The second-order valence-electron chi connectivity index (χ2n) is 8.63. The van der Waals surface area contributed by atoms with E-state index in [1.54, 1.807) is 11.9 Å². The summed E-state index contributed by atoms with van der Waals surface area (Å²) in [6, 6.07) is 6.03. The van der Waals surface area contributed by atoms with Crippen LogP contribution >= 0.6 is 24.6 Å². The van der Waals surface area contributed by atoms with Gasteiger partial charge in [-0.3, -0.25) is 5.10 Å². The number of aliphatic hydroxyl groups excluding tert-OH is 1. The van der Waals surface area contributed by atoms with Gasteiger partial charge < -0.3 is 14.7 Å². The van der Waals surface area contributed by atoms with Crippen LogP contribution in [0.3, 0.4) is 0 Å². The number of ether oxygens (including phenoxy) is 1. The molecule has 34 heavy (non-hydrogen) atoms. The van der Waals surface area contributed by atoms with Gasteiger partial charge in [0.15, 0.2) is 5.82 Å². The quantitative estimate of drug-likeness (QED) is 0.334. The molecule has 2 saturated heterocycles. The van der Waals surface area contributed by atoms with Crippen LogP contribution < -0.4 is 4.90 Å². The molecule has 3 aromatic rings. The number of hydrogen-bond donors (Lipinski definition) is 3. The lowest BCUT2D eigenvalue weighted by Crippen LogP contribution is -2.37. The maximum atomic E-state index is 9.18. The summed E-state index contributed by atoms with van der Waals surface area (Å²) in [7, 11) is 0. The third-order valence-electron chi connectivity index (χ3n) is 6.48. The van der Waals surface area contributed by atoms with Crippen molar-refractivity contribution in [3.63, 3.8) is 0 Å². The molecule has 0 spiro atoms. The van der Waals surface area contributed by atoms with Crippen molar-refractivity contribution in [1.29, 1.82) is 0 Å². The third-order valence-corrected chi connectivity index (χ3v) is 7.83. The molecule has 0 saturated carbocycles. The summed E-state index contributed by atoms with van der Waals surface area (Å²) >= 11 is 6.57. The second kappa shape index (κ2) is 11.1. The molecule has 0 radical (unpaired) electrons. The van der Waals surface area contributed by atoms with Gasteiger partial charge in [-0.05, 0) is 42.7 Å². The van der Waals surface area contributed by atoms with Gasteiger partial charge in [-0.25, -0.2) is 14.3 Å². The number of aromatic nitrogens is 4. The molecule has 5 rings (SSSR count). The molecule has 0 unspecified atom stereocenters. The normalized spacial score (nSPS) is 18.4. The summed E-state index contributed by atoms with van der Waals surface area (Å²) in [5.74, 6) is 2.15. The van der Waals surface area contributed by atoms with E-state index in [-0.39, 0.29) is 6.61 Å². The molecule has 0 aliphatic carbocycles. The van der Waals surface area contributed by atoms with Gasteiger partial charge in [0, 0.05) is 43.7 Å². The topological polar surface area (TPSA) is 90.4 Å². The highest BCUT2D eigenvalue weighted by atomic mass is 32.2. The summed E-state index contributed by atoms with van der Waals surface area (Å²) < 4.78 is 7.92. The van der Waals surface area contributed by atoms with Crippen molar-refractivity contribution in [3.8, 4) is 11.4 Å². The van der Waals surface area contributed by atoms with Gasteiger partial charge in [0.25, 0.3) is 0 Å². The number of nitrogens with one attached hydrogen (secondary N) is 1. The zero-order chi connectivity index (χ0) is 23.3. The molecule has 10 heteroatoms. The highest BCUT2D eigenvalue weighted by Crippen LogP contribution is 2.33. The Morgan fingerprint density at radius 3 is 2.79 bits per heavy atom. The van der Waals surface area contributed by atoms with Crippen molar-refractivity contribution in [2.75, 3.05) is 50.9 Å². The minimum atomic E-state index is 0.288. The first-order valence-corrected chi connectivity index (χ1v) is 13.1. The standard InChI is InChI=1S/C24H30N6O2S2/c31-12-6-17-4-8-30(9-5-17)34-15-7-21-22(33)24(29-10-13-32-14-11-29)27-23(26-21)18-2-1-3-20-19(18)16-25-28-20/h1-3,7,15-17,31,33H,4-6,8-14H2,(H,25,28)/b15-7+. The molecule has 2 fully saturated rings. The smallest absolute Gasteiger partial charge is 0.162 e. The van der Waals surface area contributed by atoms with Crippen molar-refractivity contribution >= 4 is 47.4 Å². The molecular weight excluding hydrogens is 468 g/mol. The maximum absolute atomic E-state index is 9.18. The lowest BCUT2D eigenvalue weighted by molar-refractivity contribution is 0.122. The molecule has 4 heterocycles. The predicted octanol–water partition coefficient (Wildman–Crippen LogP) is 3.86. The number of rotatable bonds is 7. The summed E-state index contributed by atoms with van der Waals surface area (Å²) in [6.45, 7) is 5.26. The Morgan fingerprint density at radius 2 is 2.00 bits per heavy atom. The molecule has 0 amide bonds. The Balaban J connectivity index is 1.42. The molecule has 0 atom stereocenters. The average molecular weight is 499 g/mol. The molecule has 2 aliphatic rings. The Morgan fingerprint density at radius 1 is 1.18 bits per heavy atom. The van der Waals surface area contributed by atoms with Crippen LogP contribution in [0.15, 0.2) is 34.7 Å². The Kier molecular flexibility index (Phi) is 7.70. The Labute approximate surface area is 209 Å². The van der Waals surface area contributed by atoms with E-state index in [9.17, 15) is 5.11 Å². The van der Waals surface area contributed by atoms with E-state index >= 15 is 0 Å². The van der Waals surface area contributed by atoms with Gasteiger partial charge >= 0.3 is 0 Å². The predicted molar refractivity (Wildman–Crippen MR) is 140 cm³/mol. The van der Waals surface area contributed by atoms with E-state index in [4.69, 9.17) is 27.3 Å². The monoisotopic (exact) mass is 498 g/mol. The number of thiol groups is 1. The molecule has 2 aromatic heterocycles. The van der Waals surface area contributed by atoms with Crippen molar-refractivity contribution < 1.29 is 9.84 Å². The van der Waals surface area contributed by atoms with Crippen molar-refractivity contribution in [2.45, 2.75) is 24.2 Å². The number of aromatic amines is 1.